The predicted octanol–water partition coefficient (Wildman–Crippen LogP) is 13.0. The molecule has 10 rings (SSSR count). The lowest BCUT2D eigenvalue weighted by Gasteiger charge is -2.22. The Balaban J connectivity index is 1.16. The fraction of sp³-hybridized carbons (Fsp3) is 0.0612. The molecule has 2 aromatic heterocycles. The van der Waals surface area contributed by atoms with Crippen LogP contribution in [0.15, 0.2) is 174 Å². The highest BCUT2D eigenvalue weighted by Crippen LogP contribution is 2.50. The molecule has 0 amide bonds. The molecule has 1 aliphatic rings. The smallest absolute Gasteiger partial charge is 0.160 e. The van der Waals surface area contributed by atoms with Gasteiger partial charge in [-0.1, -0.05) is 153 Å². The minimum atomic E-state index is -0.0521. The Hall–Kier alpha value is -6.58. The van der Waals surface area contributed by atoms with Crippen molar-refractivity contribution in [1.82, 2.24) is 9.97 Å². The summed E-state index contributed by atoms with van der Waals surface area (Å²) in [5.74, 6) is 0.692. The highest BCUT2D eigenvalue weighted by atomic mass is 16.3. The van der Waals surface area contributed by atoms with E-state index in [4.69, 9.17) is 14.4 Å². The Morgan fingerprint density at radius 1 is 0.423 bits per heavy atom. The molecule has 246 valence electrons. The average Bonchev–Trinajstić information content (AvgIpc) is 3.70. The van der Waals surface area contributed by atoms with Crippen LogP contribution in [0.3, 0.4) is 0 Å². The van der Waals surface area contributed by atoms with Gasteiger partial charge < -0.3 is 4.42 Å². The standard InChI is InChI=1S/C49H34N2O/c1-49(2)40-19-11-9-17-36(40)37-26-25-35(29-41(37)49)31-21-23-33(24-22-31)46-38(27-28-45-47(46)39-18-10-12-20-44(39)52-45)43-30-42(32-13-5-3-6-14-32)50-48(51-43)34-15-7-4-8-16-34/h3-30H,1-2H3. The maximum absolute atomic E-state index is 6.44. The van der Waals surface area contributed by atoms with Gasteiger partial charge in [-0.05, 0) is 69.3 Å². The first-order valence-corrected chi connectivity index (χ1v) is 17.8. The minimum absolute atomic E-state index is 0.0521. The molecule has 52 heavy (non-hydrogen) atoms. The summed E-state index contributed by atoms with van der Waals surface area (Å²) in [4.78, 5) is 10.3. The third-order valence-electron chi connectivity index (χ3n) is 10.7. The summed E-state index contributed by atoms with van der Waals surface area (Å²) in [6, 6.07) is 60.0. The Kier molecular flexibility index (Phi) is 6.84. The fourth-order valence-electron chi connectivity index (χ4n) is 8.10. The summed E-state index contributed by atoms with van der Waals surface area (Å²) in [6.45, 7) is 4.67. The average molecular weight is 667 g/mol. The molecular weight excluding hydrogens is 633 g/mol. The number of para-hydroxylation sites is 1. The largest absolute Gasteiger partial charge is 0.456 e. The summed E-state index contributed by atoms with van der Waals surface area (Å²) in [5, 5.41) is 2.17. The van der Waals surface area contributed by atoms with Crippen molar-refractivity contribution in [2.75, 3.05) is 0 Å². The number of rotatable bonds is 5. The van der Waals surface area contributed by atoms with Crippen LogP contribution in [0.5, 0.6) is 0 Å². The molecule has 0 radical (unpaired) electrons. The lowest BCUT2D eigenvalue weighted by molar-refractivity contribution is 0.660. The Bertz CT molecular complexity index is 2740. The number of fused-ring (bicyclic) bond motifs is 6. The molecule has 0 spiro atoms. The first-order valence-electron chi connectivity index (χ1n) is 17.8. The quantitative estimate of drug-likeness (QED) is 0.183. The second-order valence-electron chi connectivity index (χ2n) is 14.2. The van der Waals surface area contributed by atoms with Crippen molar-refractivity contribution in [1.29, 1.82) is 0 Å². The van der Waals surface area contributed by atoms with E-state index in [-0.39, 0.29) is 5.41 Å². The summed E-state index contributed by atoms with van der Waals surface area (Å²) in [7, 11) is 0. The van der Waals surface area contributed by atoms with Crippen LogP contribution in [0.25, 0.3) is 89.2 Å². The zero-order valence-electron chi connectivity index (χ0n) is 29.0. The van der Waals surface area contributed by atoms with E-state index >= 15 is 0 Å². The van der Waals surface area contributed by atoms with Gasteiger partial charge in [-0.25, -0.2) is 9.97 Å². The van der Waals surface area contributed by atoms with E-state index in [1.807, 2.05) is 36.4 Å². The normalized spacial score (nSPS) is 13.0. The van der Waals surface area contributed by atoms with Crippen LogP contribution in [0, 0.1) is 0 Å². The molecule has 2 heterocycles. The number of hydrogen-bond acceptors (Lipinski definition) is 3. The van der Waals surface area contributed by atoms with E-state index in [2.05, 4.69) is 147 Å². The van der Waals surface area contributed by atoms with Gasteiger partial charge in [0.2, 0.25) is 0 Å². The monoisotopic (exact) mass is 666 g/mol. The molecule has 0 N–H and O–H groups in total. The van der Waals surface area contributed by atoms with Crippen LogP contribution in [-0.4, -0.2) is 9.97 Å². The highest BCUT2D eigenvalue weighted by molar-refractivity contribution is 6.15. The van der Waals surface area contributed by atoms with Crippen molar-refractivity contribution >= 4 is 21.9 Å². The zero-order chi connectivity index (χ0) is 34.8. The van der Waals surface area contributed by atoms with Crippen molar-refractivity contribution in [2.24, 2.45) is 0 Å². The molecule has 0 atom stereocenters. The van der Waals surface area contributed by atoms with Crippen LogP contribution < -0.4 is 0 Å². The van der Waals surface area contributed by atoms with Gasteiger partial charge in [0.05, 0.1) is 11.4 Å². The number of hydrogen-bond donors (Lipinski definition) is 0. The van der Waals surface area contributed by atoms with Gasteiger partial charge in [0.25, 0.3) is 0 Å². The van der Waals surface area contributed by atoms with Crippen LogP contribution >= 0.6 is 0 Å². The number of furan rings is 1. The third-order valence-corrected chi connectivity index (χ3v) is 10.7. The van der Waals surface area contributed by atoms with Crippen LogP contribution in [0.1, 0.15) is 25.0 Å². The molecular formula is C49H34N2O. The predicted molar refractivity (Wildman–Crippen MR) is 214 cm³/mol. The summed E-state index contributed by atoms with van der Waals surface area (Å²) in [6.07, 6.45) is 0. The van der Waals surface area contributed by atoms with Crippen LogP contribution in [0.2, 0.25) is 0 Å². The molecule has 0 aliphatic heterocycles. The maximum Gasteiger partial charge on any atom is 0.160 e. The minimum Gasteiger partial charge on any atom is -0.456 e. The molecule has 0 unspecified atom stereocenters. The van der Waals surface area contributed by atoms with Gasteiger partial charge in [0, 0.05) is 38.4 Å². The molecule has 0 fully saturated rings. The van der Waals surface area contributed by atoms with Crippen molar-refractivity contribution in [3.8, 4) is 67.3 Å². The van der Waals surface area contributed by atoms with Crippen LogP contribution in [-0.2, 0) is 5.41 Å². The Labute approximate surface area is 302 Å². The van der Waals surface area contributed by atoms with Crippen molar-refractivity contribution in [3.63, 3.8) is 0 Å². The van der Waals surface area contributed by atoms with E-state index in [0.29, 0.717) is 5.82 Å². The van der Waals surface area contributed by atoms with Crippen molar-refractivity contribution in [3.05, 3.63) is 181 Å². The summed E-state index contributed by atoms with van der Waals surface area (Å²) in [5.41, 5.74) is 16.5. The summed E-state index contributed by atoms with van der Waals surface area (Å²) >= 11 is 0. The molecule has 0 bridgehead atoms. The molecule has 0 saturated heterocycles. The SMILES string of the molecule is CC1(C)c2ccccc2-c2ccc(-c3ccc(-c4c(-c5cc(-c6ccccc6)nc(-c6ccccc6)n5)ccc5oc6ccccc6c45)cc3)cc21. The Morgan fingerprint density at radius 2 is 1.04 bits per heavy atom. The number of nitrogens with zero attached hydrogens (tertiary/aromatic N) is 2. The van der Waals surface area contributed by atoms with Gasteiger partial charge in [-0.3, -0.25) is 0 Å². The second-order valence-corrected chi connectivity index (χ2v) is 14.2. The van der Waals surface area contributed by atoms with Gasteiger partial charge in [-0.15, -0.1) is 0 Å². The van der Waals surface area contributed by atoms with Gasteiger partial charge in [-0.2, -0.15) is 0 Å². The topological polar surface area (TPSA) is 38.9 Å². The van der Waals surface area contributed by atoms with E-state index < -0.39 is 0 Å². The lowest BCUT2D eigenvalue weighted by Crippen LogP contribution is -2.14. The van der Waals surface area contributed by atoms with E-state index in [1.165, 1.54) is 33.4 Å². The van der Waals surface area contributed by atoms with Gasteiger partial charge in [0.15, 0.2) is 5.82 Å². The lowest BCUT2D eigenvalue weighted by atomic mass is 9.81. The van der Waals surface area contributed by atoms with Crippen molar-refractivity contribution < 1.29 is 4.42 Å². The highest BCUT2D eigenvalue weighted by Gasteiger charge is 2.35. The third kappa shape index (κ3) is 4.81. The maximum atomic E-state index is 6.44. The van der Waals surface area contributed by atoms with E-state index in [1.54, 1.807) is 0 Å². The van der Waals surface area contributed by atoms with Crippen LogP contribution in [0.4, 0.5) is 0 Å². The van der Waals surface area contributed by atoms with Gasteiger partial charge >= 0.3 is 0 Å². The van der Waals surface area contributed by atoms with Crippen molar-refractivity contribution in [2.45, 2.75) is 19.3 Å². The molecule has 3 heteroatoms. The van der Waals surface area contributed by atoms with E-state index in [9.17, 15) is 0 Å². The second kappa shape index (κ2) is 11.8. The molecule has 7 aromatic carbocycles. The first kappa shape index (κ1) is 30.3. The number of benzene rings is 7. The number of aromatic nitrogens is 2. The fourth-order valence-corrected chi connectivity index (χ4v) is 8.10. The molecule has 3 nitrogen and oxygen atoms in total. The molecule has 0 saturated carbocycles. The first-order chi connectivity index (χ1) is 25.5. The zero-order valence-corrected chi connectivity index (χ0v) is 29.0. The summed E-state index contributed by atoms with van der Waals surface area (Å²) < 4.78 is 6.44. The molecule has 9 aromatic rings. The van der Waals surface area contributed by atoms with E-state index in [0.717, 1.165) is 61.1 Å². The Morgan fingerprint density at radius 3 is 1.85 bits per heavy atom. The molecule has 1 aliphatic carbocycles. The van der Waals surface area contributed by atoms with Gasteiger partial charge in [0.1, 0.15) is 11.2 Å².